The third kappa shape index (κ3) is 2.78. The van der Waals surface area contributed by atoms with E-state index in [2.05, 4.69) is 56.6 Å². The third-order valence-electron chi connectivity index (χ3n) is 3.25. The Labute approximate surface area is 118 Å². The molecular weight excluding hydrogens is 258 g/mol. The summed E-state index contributed by atoms with van der Waals surface area (Å²) in [5.41, 5.74) is 4.17. The lowest BCUT2D eigenvalue weighted by molar-refractivity contribution is 0.573. The normalized spacial score (nSPS) is 21.8. The Bertz CT molecular complexity index is 479. The maximum Gasteiger partial charge on any atom is 0.0600 e. The van der Waals surface area contributed by atoms with E-state index >= 15 is 0 Å². The fourth-order valence-corrected chi connectivity index (χ4v) is 5.02. The third-order valence-corrected chi connectivity index (χ3v) is 6.37. The fourth-order valence-electron chi connectivity index (χ4n) is 1.92. The molecule has 1 atom stereocenters. The SMILES string of the molecule is C=CN(C)C(C)=C1SCC(c2ccccc2C)S1. The molecule has 1 aliphatic heterocycles. The van der Waals surface area contributed by atoms with Crippen LogP contribution >= 0.6 is 23.5 Å². The predicted molar refractivity (Wildman–Crippen MR) is 84.6 cm³/mol. The lowest BCUT2D eigenvalue weighted by atomic mass is 10.1. The van der Waals surface area contributed by atoms with Gasteiger partial charge in [0.25, 0.3) is 0 Å². The summed E-state index contributed by atoms with van der Waals surface area (Å²) in [4.78, 5) is 2.09. The molecule has 1 aromatic carbocycles. The van der Waals surface area contributed by atoms with E-state index in [-0.39, 0.29) is 0 Å². The topological polar surface area (TPSA) is 3.24 Å². The van der Waals surface area contributed by atoms with Crippen molar-refractivity contribution in [2.24, 2.45) is 0 Å². The maximum absolute atomic E-state index is 3.82. The highest BCUT2D eigenvalue weighted by Crippen LogP contribution is 2.52. The van der Waals surface area contributed by atoms with Gasteiger partial charge in [-0.2, -0.15) is 0 Å². The van der Waals surface area contributed by atoms with E-state index in [4.69, 9.17) is 0 Å². The van der Waals surface area contributed by atoms with Crippen LogP contribution in [0.4, 0.5) is 0 Å². The van der Waals surface area contributed by atoms with Crippen molar-refractivity contribution in [2.45, 2.75) is 19.1 Å². The molecule has 0 saturated carbocycles. The minimum Gasteiger partial charge on any atom is -0.354 e. The Morgan fingerprint density at radius 1 is 1.44 bits per heavy atom. The first-order valence-electron chi connectivity index (χ1n) is 6.04. The molecule has 1 nitrogen and oxygen atoms in total. The number of hydrogen-bond acceptors (Lipinski definition) is 3. The van der Waals surface area contributed by atoms with Crippen LogP contribution in [0.3, 0.4) is 0 Å². The van der Waals surface area contributed by atoms with Gasteiger partial charge in [0.15, 0.2) is 0 Å². The second-order valence-electron chi connectivity index (χ2n) is 4.44. The van der Waals surface area contributed by atoms with Gasteiger partial charge in [-0.1, -0.05) is 30.8 Å². The van der Waals surface area contributed by atoms with Gasteiger partial charge in [0.1, 0.15) is 0 Å². The number of rotatable bonds is 3. The van der Waals surface area contributed by atoms with Crippen LogP contribution in [-0.4, -0.2) is 17.7 Å². The number of benzene rings is 1. The van der Waals surface area contributed by atoms with Crippen molar-refractivity contribution in [3.8, 4) is 0 Å². The second kappa shape index (κ2) is 5.89. The smallest absolute Gasteiger partial charge is 0.0600 e. The van der Waals surface area contributed by atoms with E-state index < -0.39 is 0 Å². The molecule has 1 fully saturated rings. The quantitative estimate of drug-likeness (QED) is 0.782. The van der Waals surface area contributed by atoms with Crippen LogP contribution < -0.4 is 0 Å². The summed E-state index contributed by atoms with van der Waals surface area (Å²) in [7, 11) is 2.05. The van der Waals surface area contributed by atoms with Gasteiger partial charge in [-0.3, -0.25) is 0 Å². The monoisotopic (exact) mass is 277 g/mol. The number of hydrogen-bond donors (Lipinski definition) is 0. The van der Waals surface area contributed by atoms with Crippen molar-refractivity contribution in [3.05, 3.63) is 58.1 Å². The Balaban J connectivity index is 2.19. The first kappa shape index (κ1) is 13.6. The predicted octanol–water partition coefficient (Wildman–Crippen LogP) is 4.78. The molecule has 1 aliphatic rings. The minimum atomic E-state index is 0.583. The number of thioether (sulfide) groups is 2. The molecule has 0 radical (unpaired) electrons. The highest BCUT2D eigenvalue weighted by Gasteiger charge is 2.25. The van der Waals surface area contributed by atoms with E-state index in [1.165, 1.54) is 21.1 Å². The molecular formula is C15H19NS2. The van der Waals surface area contributed by atoms with Crippen LogP contribution in [0.2, 0.25) is 0 Å². The molecule has 0 N–H and O–H groups in total. The van der Waals surface area contributed by atoms with Gasteiger partial charge in [-0.05, 0) is 31.2 Å². The van der Waals surface area contributed by atoms with Gasteiger partial charge in [-0.25, -0.2) is 0 Å². The lowest BCUT2D eigenvalue weighted by Crippen LogP contribution is -2.07. The number of nitrogens with zero attached hydrogens (tertiary/aromatic N) is 1. The van der Waals surface area contributed by atoms with Gasteiger partial charge < -0.3 is 4.90 Å². The van der Waals surface area contributed by atoms with Gasteiger partial charge in [0.05, 0.1) is 4.24 Å². The summed E-state index contributed by atoms with van der Waals surface area (Å²) in [6.07, 6.45) is 1.87. The zero-order valence-electron chi connectivity index (χ0n) is 11.1. The molecule has 2 rings (SSSR count). The summed E-state index contributed by atoms with van der Waals surface area (Å²) < 4.78 is 1.42. The Hall–Kier alpha value is -0.800. The molecule has 0 spiro atoms. The first-order valence-corrected chi connectivity index (χ1v) is 7.91. The maximum atomic E-state index is 3.82. The van der Waals surface area contributed by atoms with Crippen molar-refractivity contribution in [3.63, 3.8) is 0 Å². The van der Waals surface area contributed by atoms with Crippen molar-refractivity contribution in [1.82, 2.24) is 4.90 Å². The van der Waals surface area contributed by atoms with Crippen LogP contribution in [0.5, 0.6) is 0 Å². The van der Waals surface area contributed by atoms with Crippen molar-refractivity contribution >= 4 is 23.5 Å². The summed E-state index contributed by atoms with van der Waals surface area (Å²) in [6.45, 7) is 8.18. The number of aryl methyl sites for hydroxylation is 1. The molecule has 1 unspecified atom stereocenters. The molecule has 3 heteroatoms. The zero-order chi connectivity index (χ0) is 13.1. The van der Waals surface area contributed by atoms with Gasteiger partial charge in [-0.15, -0.1) is 23.5 Å². The molecule has 1 aromatic rings. The van der Waals surface area contributed by atoms with Crippen LogP contribution in [0, 0.1) is 6.92 Å². The highest BCUT2D eigenvalue weighted by molar-refractivity contribution is 8.25. The Kier molecular flexibility index (Phi) is 4.46. The van der Waals surface area contributed by atoms with Gasteiger partial charge >= 0.3 is 0 Å². The molecule has 18 heavy (non-hydrogen) atoms. The van der Waals surface area contributed by atoms with Gasteiger partial charge in [0.2, 0.25) is 0 Å². The van der Waals surface area contributed by atoms with Crippen molar-refractivity contribution in [1.29, 1.82) is 0 Å². The van der Waals surface area contributed by atoms with Gasteiger partial charge in [0, 0.05) is 23.7 Å². The summed E-state index contributed by atoms with van der Waals surface area (Å²) in [5, 5.41) is 0.583. The average molecular weight is 277 g/mol. The van der Waals surface area contributed by atoms with Crippen LogP contribution in [0.15, 0.2) is 47.0 Å². The summed E-state index contributed by atoms with van der Waals surface area (Å²) in [5.74, 6) is 1.16. The molecule has 0 amide bonds. The van der Waals surface area contributed by atoms with Crippen LogP contribution in [0.1, 0.15) is 23.3 Å². The molecule has 0 aromatic heterocycles. The number of allylic oxidation sites excluding steroid dienone is 1. The molecule has 1 heterocycles. The minimum absolute atomic E-state index is 0.583. The van der Waals surface area contributed by atoms with E-state index in [0.29, 0.717) is 5.25 Å². The van der Waals surface area contributed by atoms with E-state index in [1.54, 1.807) is 0 Å². The molecule has 1 saturated heterocycles. The lowest BCUT2D eigenvalue weighted by Gasteiger charge is -2.16. The second-order valence-corrected chi connectivity index (χ2v) is 6.94. The average Bonchev–Trinajstić information content (AvgIpc) is 2.87. The zero-order valence-corrected chi connectivity index (χ0v) is 12.8. The molecule has 0 aliphatic carbocycles. The van der Waals surface area contributed by atoms with Crippen LogP contribution in [-0.2, 0) is 0 Å². The van der Waals surface area contributed by atoms with E-state index in [1.807, 2.05) is 29.7 Å². The fraction of sp³-hybridized carbons (Fsp3) is 0.333. The summed E-state index contributed by atoms with van der Waals surface area (Å²) >= 11 is 3.94. The first-order chi connectivity index (χ1) is 8.63. The largest absolute Gasteiger partial charge is 0.354 e. The van der Waals surface area contributed by atoms with Crippen molar-refractivity contribution in [2.75, 3.05) is 12.8 Å². The Morgan fingerprint density at radius 2 is 2.17 bits per heavy atom. The molecule has 0 bridgehead atoms. The Morgan fingerprint density at radius 3 is 2.83 bits per heavy atom. The van der Waals surface area contributed by atoms with Crippen LogP contribution in [0.25, 0.3) is 0 Å². The standard InChI is InChI=1S/C15H19NS2/c1-5-16(4)12(3)15-17-10-14(18-15)13-9-7-6-8-11(13)2/h5-9,14H,1,10H2,2-4H3. The van der Waals surface area contributed by atoms with Crippen molar-refractivity contribution < 1.29 is 0 Å². The molecule has 96 valence electrons. The highest BCUT2D eigenvalue weighted by atomic mass is 32.2. The summed E-state index contributed by atoms with van der Waals surface area (Å²) in [6, 6.07) is 8.70. The van der Waals surface area contributed by atoms with E-state index in [0.717, 1.165) is 5.75 Å². The van der Waals surface area contributed by atoms with E-state index in [9.17, 15) is 0 Å².